The van der Waals surface area contributed by atoms with Crippen LogP contribution in [0.4, 0.5) is 0 Å². The van der Waals surface area contributed by atoms with Crippen molar-refractivity contribution in [1.29, 1.82) is 0 Å². The molecular weight excluding hydrogens is 374 g/mol. The largest absolute Gasteiger partial charge is 0.459 e. The van der Waals surface area contributed by atoms with E-state index in [1.165, 1.54) is 7.05 Å². The van der Waals surface area contributed by atoms with E-state index in [0.717, 1.165) is 10.5 Å². The summed E-state index contributed by atoms with van der Waals surface area (Å²) in [5, 5.41) is 0. The third kappa shape index (κ3) is 4.44. The van der Waals surface area contributed by atoms with Crippen LogP contribution >= 0.6 is 0 Å². The molecule has 29 heavy (non-hydrogen) atoms. The zero-order chi connectivity index (χ0) is 21.2. The van der Waals surface area contributed by atoms with Gasteiger partial charge in [-0.15, -0.1) is 0 Å². The van der Waals surface area contributed by atoms with E-state index in [4.69, 9.17) is 14.2 Å². The van der Waals surface area contributed by atoms with E-state index in [1.54, 1.807) is 20.8 Å². The zero-order valence-corrected chi connectivity index (χ0v) is 17.3. The molecule has 7 heteroatoms. The van der Waals surface area contributed by atoms with Gasteiger partial charge in [0.25, 0.3) is 0 Å². The predicted molar refractivity (Wildman–Crippen MR) is 106 cm³/mol. The van der Waals surface area contributed by atoms with Gasteiger partial charge < -0.3 is 14.2 Å². The van der Waals surface area contributed by atoms with Crippen LogP contribution in [0.5, 0.6) is 11.5 Å². The Morgan fingerprint density at radius 3 is 2.69 bits per heavy atom. The Hall–Kier alpha value is -2.83. The maximum Gasteiger partial charge on any atom is 0.322 e. The number of hydrogen-bond donors (Lipinski definition) is 0. The molecule has 2 aliphatic rings. The number of likely N-dealkylation sites (tertiary alicyclic amines) is 1. The van der Waals surface area contributed by atoms with Crippen molar-refractivity contribution in [1.82, 2.24) is 4.90 Å². The van der Waals surface area contributed by atoms with E-state index in [1.807, 2.05) is 30.4 Å². The van der Waals surface area contributed by atoms with Crippen LogP contribution in [-0.4, -0.2) is 42.1 Å². The smallest absolute Gasteiger partial charge is 0.322 e. The highest BCUT2D eigenvalue weighted by molar-refractivity contribution is 6.10. The molecule has 7 nitrogen and oxygen atoms in total. The number of rotatable bonds is 5. The zero-order valence-electron chi connectivity index (χ0n) is 17.3. The summed E-state index contributed by atoms with van der Waals surface area (Å²) < 4.78 is 16.2. The van der Waals surface area contributed by atoms with Gasteiger partial charge in [-0.05, 0) is 57.7 Å². The summed E-state index contributed by atoms with van der Waals surface area (Å²) in [6.07, 6.45) is 4.90. The van der Waals surface area contributed by atoms with Gasteiger partial charge in [-0.1, -0.05) is 18.2 Å². The Kier molecular flexibility index (Phi) is 5.68. The van der Waals surface area contributed by atoms with Crippen LogP contribution in [0, 0.1) is 5.41 Å². The van der Waals surface area contributed by atoms with Crippen LogP contribution in [0.3, 0.4) is 0 Å². The highest BCUT2D eigenvalue weighted by Gasteiger charge is 2.52. The Labute approximate surface area is 170 Å². The van der Waals surface area contributed by atoms with Crippen molar-refractivity contribution in [2.24, 2.45) is 5.41 Å². The molecule has 156 valence electrons. The van der Waals surface area contributed by atoms with Gasteiger partial charge in [0.1, 0.15) is 11.0 Å². The molecule has 2 heterocycles. The lowest BCUT2D eigenvalue weighted by Gasteiger charge is -2.38. The minimum Gasteiger partial charge on any atom is -0.459 e. The number of amides is 2. The van der Waals surface area contributed by atoms with Crippen LogP contribution in [0.1, 0.15) is 52.0 Å². The van der Waals surface area contributed by atoms with Gasteiger partial charge in [0.15, 0.2) is 11.5 Å². The molecule has 2 amide bonds. The molecule has 3 rings (SSSR count). The van der Waals surface area contributed by atoms with Crippen LogP contribution in [0.2, 0.25) is 0 Å². The Balaban J connectivity index is 1.74. The lowest BCUT2D eigenvalue weighted by Crippen LogP contribution is -2.55. The van der Waals surface area contributed by atoms with E-state index < -0.39 is 22.9 Å². The van der Waals surface area contributed by atoms with E-state index in [2.05, 4.69) is 0 Å². The predicted octanol–water partition coefficient (Wildman–Crippen LogP) is 3.32. The Morgan fingerprint density at radius 1 is 1.24 bits per heavy atom. The van der Waals surface area contributed by atoms with Crippen molar-refractivity contribution in [3.63, 3.8) is 0 Å². The average Bonchev–Trinajstić information content (AvgIpc) is 3.11. The first kappa shape index (κ1) is 20.9. The van der Waals surface area contributed by atoms with Crippen molar-refractivity contribution in [3.8, 4) is 11.5 Å². The highest BCUT2D eigenvalue weighted by atomic mass is 16.7. The first-order valence-electron chi connectivity index (χ1n) is 9.73. The summed E-state index contributed by atoms with van der Waals surface area (Å²) in [6, 6.07) is 5.63. The molecule has 1 unspecified atom stereocenters. The molecule has 0 N–H and O–H groups in total. The number of hydrogen-bond acceptors (Lipinski definition) is 6. The molecule has 1 saturated heterocycles. The number of piperidine rings is 1. The second kappa shape index (κ2) is 7.89. The van der Waals surface area contributed by atoms with Crippen molar-refractivity contribution < 1.29 is 28.6 Å². The number of benzene rings is 1. The van der Waals surface area contributed by atoms with Crippen LogP contribution in [-0.2, 0) is 19.1 Å². The number of carbonyl (C=O) groups excluding carboxylic acids is 3. The van der Waals surface area contributed by atoms with Gasteiger partial charge in [-0.25, -0.2) is 0 Å². The summed E-state index contributed by atoms with van der Waals surface area (Å²) in [7, 11) is 1.42. The standard InChI is InChI=1S/C22H27NO6/c1-21(2,3)29-20(26)22(12-10-18(24)23(4)19(22)25)11-6-5-7-15-8-9-16-17(13-15)28-14-27-16/h5,7-9,13H,6,10-12,14H2,1-4H3/b7-5+. The monoisotopic (exact) mass is 401 g/mol. The van der Waals surface area contributed by atoms with E-state index >= 15 is 0 Å². The maximum atomic E-state index is 13.0. The van der Waals surface area contributed by atoms with E-state index in [-0.39, 0.29) is 32.0 Å². The molecule has 0 spiro atoms. The van der Waals surface area contributed by atoms with Crippen molar-refractivity contribution in [2.75, 3.05) is 13.8 Å². The second-order valence-corrected chi connectivity index (χ2v) is 8.40. The van der Waals surface area contributed by atoms with E-state index in [9.17, 15) is 14.4 Å². The molecular formula is C22H27NO6. The SMILES string of the molecule is CN1C(=O)CCC(CC/C=C/c2ccc3c(c2)OCO3)(C(=O)OC(C)(C)C)C1=O. The maximum absolute atomic E-state index is 13.0. The highest BCUT2D eigenvalue weighted by Crippen LogP contribution is 2.39. The molecule has 0 saturated carbocycles. The first-order valence-corrected chi connectivity index (χ1v) is 9.73. The molecule has 0 aromatic heterocycles. The Morgan fingerprint density at radius 2 is 1.97 bits per heavy atom. The van der Waals surface area contributed by atoms with Crippen molar-refractivity contribution >= 4 is 23.9 Å². The molecule has 1 aromatic rings. The van der Waals surface area contributed by atoms with E-state index in [0.29, 0.717) is 17.9 Å². The Bertz CT molecular complexity index is 853. The number of esters is 1. The van der Waals surface area contributed by atoms with Crippen LogP contribution in [0.15, 0.2) is 24.3 Å². The molecule has 1 aromatic carbocycles. The van der Waals surface area contributed by atoms with Gasteiger partial charge in [0.2, 0.25) is 18.6 Å². The van der Waals surface area contributed by atoms with Crippen molar-refractivity contribution in [2.45, 2.75) is 52.1 Å². The van der Waals surface area contributed by atoms with Gasteiger partial charge in [0.05, 0.1) is 0 Å². The summed E-state index contributed by atoms with van der Waals surface area (Å²) in [5.74, 6) is 0.0851. The summed E-state index contributed by atoms with van der Waals surface area (Å²) in [5.41, 5.74) is -1.12. The lowest BCUT2D eigenvalue weighted by molar-refractivity contribution is -0.178. The first-order chi connectivity index (χ1) is 13.6. The number of carbonyl (C=O) groups is 3. The second-order valence-electron chi connectivity index (χ2n) is 8.40. The lowest BCUT2D eigenvalue weighted by atomic mass is 9.75. The van der Waals surface area contributed by atoms with Crippen molar-refractivity contribution in [3.05, 3.63) is 29.8 Å². The average molecular weight is 401 g/mol. The topological polar surface area (TPSA) is 82.1 Å². The van der Waals surface area contributed by atoms with Gasteiger partial charge in [-0.2, -0.15) is 0 Å². The number of fused-ring (bicyclic) bond motifs is 1. The third-order valence-corrected chi connectivity index (χ3v) is 5.09. The number of ether oxygens (including phenoxy) is 3. The van der Waals surface area contributed by atoms with Crippen LogP contribution < -0.4 is 9.47 Å². The summed E-state index contributed by atoms with van der Waals surface area (Å²) >= 11 is 0. The minimum atomic E-state index is -1.34. The normalized spacial score (nSPS) is 21.7. The molecule has 1 atom stereocenters. The summed E-state index contributed by atoms with van der Waals surface area (Å²) in [6.45, 7) is 5.51. The molecule has 0 aliphatic carbocycles. The number of nitrogens with zero attached hydrogens (tertiary/aromatic N) is 1. The molecule has 1 fully saturated rings. The summed E-state index contributed by atoms with van der Waals surface area (Å²) in [4.78, 5) is 38.9. The molecule has 2 aliphatic heterocycles. The number of allylic oxidation sites excluding steroid dienone is 1. The van der Waals surface area contributed by atoms with Crippen LogP contribution in [0.25, 0.3) is 6.08 Å². The van der Waals surface area contributed by atoms with Gasteiger partial charge in [-0.3, -0.25) is 19.3 Å². The fraction of sp³-hybridized carbons (Fsp3) is 0.500. The molecule has 0 radical (unpaired) electrons. The quantitative estimate of drug-likeness (QED) is 0.428. The number of imide groups is 1. The van der Waals surface area contributed by atoms with Gasteiger partial charge >= 0.3 is 5.97 Å². The van der Waals surface area contributed by atoms with Gasteiger partial charge in [0, 0.05) is 13.5 Å². The fourth-order valence-corrected chi connectivity index (χ4v) is 3.49. The fourth-order valence-electron chi connectivity index (χ4n) is 3.49. The third-order valence-electron chi connectivity index (χ3n) is 5.09. The molecule has 0 bridgehead atoms. The minimum absolute atomic E-state index is 0.146.